The molecule has 0 spiro atoms. The second-order valence-electron chi connectivity index (χ2n) is 5.35. The number of rotatable bonds is 4. The van der Waals surface area contributed by atoms with Crippen LogP contribution in [0.4, 0.5) is 24.8 Å². The zero-order chi connectivity index (χ0) is 15.5. The molecule has 3 N–H and O–H groups in total. The Kier molecular flexibility index (Phi) is 4.92. The smallest absolute Gasteiger partial charge is 0.395 e. The summed E-state index contributed by atoms with van der Waals surface area (Å²) in [7, 11) is 0. The number of anilines is 2. The Labute approximate surface area is 121 Å². The first-order valence-electron chi connectivity index (χ1n) is 7.14. The fourth-order valence-corrected chi connectivity index (χ4v) is 2.83. The van der Waals surface area contributed by atoms with E-state index in [4.69, 9.17) is 5.73 Å². The van der Waals surface area contributed by atoms with Gasteiger partial charge in [0, 0.05) is 12.6 Å². The molecule has 1 heterocycles. The van der Waals surface area contributed by atoms with Crippen LogP contribution in [0, 0.1) is 0 Å². The second-order valence-corrected chi connectivity index (χ2v) is 5.35. The molecule has 1 fully saturated rings. The van der Waals surface area contributed by atoms with Crippen LogP contribution in [0.3, 0.4) is 0 Å². The van der Waals surface area contributed by atoms with Gasteiger partial charge in [-0.2, -0.15) is 13.2 Å². The summed E-state index contributed by atoms with van der Waals surface area (Å²) in [5.74, 6) is 0.0434. The Balaban J connectivity index is 2.32. The molecule has 7 heteroatoms. The van der Waals surface area contributed by atoms with Crippen LogP contribution in [0.5, 0.6) is 0 Å². The summed E-state index contributed by atoms with van der Waals surface area (Å²) in [5, 5.41) is 9.20. The molecule has 0 aliphatic heterocycles. The van der Waals surface area contributed by atoms with Crippen molar-refractivity contribution in [3.8, 4) is 0 Å². The maximum Gasteiger partial charge on any atom is 0.416 e. The topological polar surface area (TPSA) is 62.4 Å². The molecule has 1 aromatic rings. The third-order valence-electron chi connectivity index (χ3n) is 3.81. The second kappa shape index (κ2) is 6.51. The lowest BCUT2D eigenvalue weighted by Gasteiger charge is -2.35. The molecule has 118 valence electrons. The zero-order valence-corrected chi connectivity index (χ0v) is 11.7. The van der Waals surface area contributed by atoms with Gasteiger partial charge in [0.15, 0.2) is 0 Å². The van der Waals surface area contributed by atoms with E-state index < -0.39 is 11.7 Å². The first-order chi connectivity index (χ1) is 9.91. The summed E-state index contributed by atoms with van der Waals surface area (Å²) in [4.78, 5) is 5.79. The SMILES string of the molecule is Nc1cc(C(F)(F)F)cc(N(CCO)C2CCCCC2)n1. The van der Waals surface area contributed by atoms with Crippen molar-refractivity contribution in [2.75, 3.05) is 23.8 Å². The van der Waals surface area contributed by atoms with Crippen LogP contribution >= 0.6 is 0 Å². The highest BCUT2D eigenvalue weighted by Gasteiger charge is 2.32. The molecule has 1 aliphatic rings. The summed E-state index contributed by atoms with van der Waals surface area (Å²) in [6, 6.07) is 1.96. The fourth-order valence-electron chi connectivity index (χ4n) is 2.83. The van der Waals surface area contributed by atoms with E-state index in [1.165, 1.54) is 0 Å². The third kappa shape index (κ3) is 4.00. The summed E-state index contributed by atoms with van der Waals surface area (Å²) in [5.41, 5.74) is 4.72. The number of halogens is 3. The van der Waals surface area contributed by atoms with E-state index in [1.807, 2.05) is 0 Å². The van der Waals surface area contributed by atoms with Gasteiger partial charge in [0.2, 0.25) is 0 Å². The Morgan fingerprint density at radius 2 is 1.90 bits per heavy atom. The molecular formula is C14H20F3N3O. The number of hydrogen-bond acceptors (Lipinski definition) is 4. The Morgan fingerprint density at radius 3 is 2.48 bits per heavy atom. The van der Waals surface area contributed by atoms with Gasteiger partial charge in [-0.15, -0.1) is 0 Å². The van der Waals surface area contributed by atoms with Crippen LogP contribution in [-0.4, -0.2) is 29.3 Å². The molecule has 1 saturated carbocycles. The standard InChI is InChI=1S/C14H20F3N3O/c15-14(16,17)10-8-12(18)19-13(9-10)20(6-7-21)11-4-2-1-3-5-11/h8-9,11,21H,1-7H2,(H2,18,19). The quantitative estimate of drug-likeness (QED) is 0.898. The van der Waals surface area contributed by atoms with E-state index in [9.17, 15) is 18.3 Å². The Hall–Kier alpha value is -1.50. The molecule has 0 radical (unpaired) electrons. The number of nitrogen functional groups attached to an aromatic ring is 1. The number of aromatic nitrogens is 1. The first-order valence-corrected chi connectivity index (χ1v) is 7.14. The van der Waals surface area contributed by atoms with Crippen molar-refractivity contribution in [3.63, 3.8) is 0 Å². The van der Waals surface area contributed by atoms with Gasteiger partial charge in [-0.05, 0) is 25.0 Å². The van der Waals surface area contributed by atoms with Crippen molar-refractivity contribution >= 4 is 11.6 Å². The number of pyridine rings is 1. The monoisotopic (exact) mass is 303 g/mol. The van der Waals surface area contributed by atoms with Crippen LogP contribution in [0.25, 0.3) is 0 Å². The van der Waals surface area contributed by atoms with Crippen molar-refractivity contribution in [1.82, 2.24) is 4.98 Å². The molecule has 0 amide bonds. The van der Waals surface area contributed by atoms with Crippen molar-refractivity contribution in [3.05, 3.63) is 17.7 Å². The molecule has 1 aromatic heterocycles. The van der Waals surface area contributed by atoms with Crippen molar-refractivity contribution in [1.29, 1.82) is 0 Å². The average Bonchev–Trinajstić information content (AvgIpc) is 2.44. The maximum absolute atomic E-state index is 12.9. The highest BCUT2D eigenvalue weighted by molar-refractivity contribution is 5.50. The predicted molar refractivity (Wildman–Crippen MR) is 75.0 cm³/mol. The van der Waals surface area contributed by atoms with Crippen LogP contribution in [0.1, 0.15) is 37.7 Å². The van der Waals surface area contributed by atoms with Gasteiger partial charge in [0.05, 0.1) is 12.2 Å². The molecule has 0 saturated heterocycles. The summed E-state index contributed by atoms with van der Waals surface area (Å²) >= 11 is 0. The molecule has 0 aromatic carbocycles. The van der Waals surface area contributed by atoms with E-state index in [0.717, 1.165) is 44.2 Å². The number of nitrogens with zero attached hydrogens (tertiary/aromatic N) is 2. The van der Waals surface area contributed by atoms with E-state index in [2.05, 4.69) is 4.98 Å². The van der Waals surface area contributed by atoms with E-state index >= 15 is 0 Å². The number of nitrogens with two attached hydrogens (primary N) is 1. The molecule has 4 nitrogen and oxygen atoms in total. The lowest BCUT2D eigenvalue weighted by Crippen LogP contribution is -2.39. The van der Waals surface area contributed by atoms with E-state index in [1.54, 1.807) is 4.90 Å². The molecule has 21 heavy (non-hydrogen) atoms. The van der Waals surface area contributed by atoms with Crippen LogP contribution < -0.4 is 10.6 Å². The number of hydrogen-bond donors (Lipinski definition) is 2. The fraction of sp³-hybridized carbons (Fsp3) is 0.643. The predicted octanol–water partition coefficient (Wildman–Crippen LogP) is 2.81. The van der Waals surface area contributed by atoms with Crippen molar-refractivity contribution in [2.24, 2.45) is 0 Å². The van der Waals surface area contributed by atoms with Gasteiger partial charge in [-0.1, -0.05) is 19.3 Å². The van der Waals surface area contributed by atoms with Gasteiger partial charge in [0.25, 0.3) is 0 Å². The van der Waals surface area contributed by atoms with Crippen LogP contribution in [0.2, 0.25) is 0 Å². The molecule has 1 aliphatic carbocycles. The minimum absolute atomic E-state index is 0.112. The summed E-state index contributed by atoms with van der Waals surface area (Å²) in [6.07, 6.45) is 0.572. The van der Waals surface area contributed by atoms with E-state index in [-0.39, 0.29) is 30.8 Å². The van der Waals surface area contributed by atoms with Crippen molar-refractivity contribution < 1.29 is 18.3 Å². The number of alkyl halides is 3. The molecule has 2 rings (SSSR count). The minimum Gasteiger partial charge on any atom is -0.395 e. The Bertz CT molecular complexity index is 473. The lowest BCUT2D eigenvalue weighted by atomic mass is 9.94. The van der Waals surface area contributed by atoms with Gasteiger partial charge in [-0.25, -0.2) is 4.98 Å². The number of aliphatic hydroxyl groups excluding tert-OH is 1. The van der Waals surface area contributed by atoms with Crippen LogP contribution in [0.15, 0.2) is 12.1 Å². The van der Waals surface area contributed by atoms with Gasteiger partial charge in [-0.3, -0.25) is 0 Å². The molecule has 0 unspecified atom stereocenters. The average molecular weight is 303 g/mol. The van der Waals surface area contributed by atoms with Gasteiger partial charge in [0.1, 0.15) is 11.6 Å². The zero-order valence-electron chi connectivity index (χ0n) is 11.7. The van der Waals surface area contributed by atoms with Gasteiger partial charge >= 0.3 is 6.18 Å². The molecular weight excluding hydrogens is 283 g/mol. The van der Waals surface area contributed by atoms with E-state index in [0.29, 0.717) is 0 Å². The first kappa shape index (κ1) is 15.9. The molecule has 0 bridgehead atoms. The third-order valence-corrected chi connectivity index (χ3v) is 3.81. The Morgan fingerprint density at radius 1 is 1.24 bits per heavy atom. The van der Waals surface area contributed by atoms with Gasteiger partial charge < -0.3 is 15.7 Å². The normalized spacial score (nSPS) is 17.0. The maximum atomic E-state index is 12.9. The van der Waals surface area contributed by atoms with Crippen LogP contribution in [-0.2, 0) is 6.18 Å². The summed E-state index contributed by atoms with van der Waals surface area (Å²) < 4.78 is 38.7. The number of aliphatic hydroxyl groups is 1. The minimum atomic E-state index is -4.46. The summed E-state index contributed by atoms with van der Waals surface area (Å²) in [6.45, 7) is 0.132. The highest BCUT2D eigenvalue weighted by atomic mass is 19.4. The highest BCUT2D eigenvalue weighted by Crippen LogP contribution is 2.34. The molecule has 0 atom stereocenters. The van der Waals surface area contributed by atoms with Crippen molar-refractivity contribution in [2.45, 2.75) is 44.3 Å². The lowest BCUT2D eigenvalue weighted by molar-refractivity contribution is -0.137. The largest absolute Gasteiger partial charge is 0.416 e.